The van der Waals surface area contributed by atoms with E-state index in [0.717, 1.165) is 16.8 Å². The molecule has 0 aliphatic carbocycles. The zero-order chi connectivity index (χ0) is 14.9. The molecule has 0 atom stereocenters. The smallest absolute Gasteiger partial charge is 0.115 e. The lowest BCUT2D eigenvalue weighted by Gasteiger charge is -2.06. The summed E-state index contributed by atoms with van der Waals surface area (Å²) in [6.45, 7) is 0. The maximum absolute atomic E-state index is 9.46. The maximum Gasteiger partial charge on any atom is 0.115 e. The lowest BCUT2D eigenvalue weighted by molar-refractivity contribution is 0.475. The van der Waals surface area contributed by atoms with Crippen molar-refractivity contribution in [2.75, 3.05) is 0 Å². The van der Waals surface area contributed by atoms with Crippen LogP contribution in [0, 0.1) is 0 Å². The monoisotopic (exact) mass is 285 g/mol. The average molecular weight is 285 g/mol. The van der Waals surface area contributed by atoms with Gasteiger partial charge >= 0.3 is 0 Å². The van der Waals surface area contributed by atoms with Gasteiger partial charge in [0.2, 0.25) is 0 Å². The Labute approximate surface area is 128 Å². The van der Waals surface area contributed by atoms with Crippen molar-refractivity contribution in [3.63, 3.8) is 0 Å². The third-order valence-electron chi connectivity index (χ3n) is 3.90. The van der Waals surface area contributed by atoms with Gasteiger partial charge in [0.15, 0.2) is 0 Å². The highest BCUT2D eigenvalue weighted by atomic mass is 16.3. The maximum atomic E-state index is 9.46. The second-order valence-electron chi connectivity index (χ2n) is 5.35. The summed E-state index contributed by atoms with van der Waals surface area (Å²) in [7, 11) is 0. The van der Waals surface area contributed by atoms with E-state index in [1.165, 1.54) is 11.1 Å². The minimum atomic E-state index is 0.286. The van der Waals surface area contributed by atoms with Crippen LogP contribution in [0.15, 0.2) is 85.1 Å². The first-order valence-corrected chi connectivity index (χ1v) is 7.27. The van der Waals surface area contributed by atoms with E-state index >= 15 is 0 Å². The molecule has 4 aromatic rings. The first-order chi connectivity index (χ1) is 10.8. The van der Waals surface area contributed by atoms with Gasteiger partial charge in [0.1, 0.15) is 5.75 Å². The number of benzene rings is 2. The summed E-state index contributed by atoms with van der Waals surface area (Å²) in [4.78, 5) is 0. The summed E-state index contributed by atoms with van der Waals surface area (Å²) in [5, 5.41) is 9.46. The number of rotatable bonds is 2. The quantitative estimate of drug-likeness (QED) is 0.552. The molecule has 0 amide bonds. The third kappa shape index (κ3) is 2.15. The number of phenolic OH excluding ortho intramolecular Hbond substituents is 1. The zero-order valence-corrected chi connectivity index (χ0v) is 12.0. The molecule has 22 heavy (non-hydrogen) atoms. The van der Waals surface area contributed by atoms with Crippen molar-refractivity contribution in [3.8, 4) is 28.1 Å². The Bertz CT molecular complexity index is 921. The molecule has 0 radical (unpaired) electrons. The molecular weight excluding hydrogens is 270 g/mol. The van der Waals surface area contributed by atoms with Gasteiger partial charge in [-0.1, -0.05) is 36.4 Å². The number of phenols is 1. The topological polar surface area (TPSA) is 24.6 Å². The minimum Gasteiger partial charge on any atom is -0.508 e. The van der Waals surface area contributed by atoms with E-state index in [4.69, 9.17) is 0 Å². The number of hydrogen-bond donors (Lipinski definition) is 1. The van der Waals surface area contributed by atoms with E-state index in [2.05, 4.69) is 59.1 Å². The highest BCUT2D eigenvalue weighted by molar-refractivity contribution is 5.74. The standard InChI is InChI=1S/C20H15NO/c22-19-11-9-16(10-12-19)20-8-4-7-18-13-17(14-21(18)20)15-5-2-1-3-6-15/h1-14,22H. The summed E-state index contributed by atoms with van der Waals surface area (Å²) in [5.41, 5.74) is 5.76. The molecule has 0 saturated heterocycles. The fraction of sp³-hybridized carbons (Fsp3) is 0. The van der Waals surface area contributed by atoms with Crippen LogP contribution < -0.4 is 0 Å². The molecule has 0 aliphatic rings. The Kier molecular flexibility index (Phi) is 2.94. The van der Waals surface area contributed by atoms with E-state index in [1.807, 2.05) is 18.2 Å². The summed E-state index contributed by atoms with van der Waals surface area (Å²) in [6.07, 6.45) is 2.16. The number of nitrogens with zero attached hydrogens (tertiary/aromatic N) is 1. The van der Waals surface area contributed by atoms with Gasteiger partial charge < -0.3 is 9.51 Å². The van der Waals surface area contributed by atoms with Gasteiger partial charge in [-0.25, -0.2) is 0 Å². The second-order valence-corrected chi connectivity index (χ2v) is 5.35. The van der Waals surface area contributed by atoms with Gasteiger partial charge in [-0.05, 0) is 53.6 Å². The molecule has 0 aliphatic heterocycles. The van der Waals surface area contributed by atoms with Gasteiger partial charge in [0.05, 0.1) is 5.69 Å². The van der Waals surface area contributed by atoms with Crippen molar-refractivity contribution in [1.82, 2.24) is 4.40 Å². The van der Waals surface area contributed by atoms with E-state index < -0.39 is 0 Å². The molecule has 2 aromatic heterocycles. The van der Waals surface area contributed by atoms with Crippen LogP contribution in [0.4, 0.5) is 0 Å². The summed E-state index contributed by atoms with van der Waals surface area (Å²) in [5.74, 6) is 0.286. The van der Waals surface area contributed by atoms with E-state index in [0.29, 0.717) is 0 Å². The fourth-order valence-electron chi connectivity index (χ4n) is 2.79. The molecule has 2 nitrogen and oxygen atoms in total. The summed E-state index contributed by atoms with van der Waals surface area (Å²) in [6, 6.07) is 26.1. The Morgan fingerprint density at radius 2 is 1.41 bits per heavy atom. The van der Waals surface area contributed by atoms with Gasteiger partial charge in [0, 0.05) is 17.3 Å². The van der Waals surface area contributed by atoms with Gasteiger partial charge in [-0.15, -0.1) is 0 Å². The Hall–Kier alpha value is -3.00. The molecule has 106 valence electrons. The second kappa shape index (κ2) is 5.08. The van der Waals surface area contributed by atoms with Crippen molar-refractivity contribution < 1.29 is 5.11 Å². The van der Waals surface area contributed by atoms with Crippen LogP contribution in [0.2, 0.25) is 0 Å². The summed E-state index contributed by atoms with van der Waals surface area (Å²) < 4.78 is 2.19. The zero-order valence-electron chi connectivity index (χ0n) is 12.0. The van der Waals surface area contributed by atoms with Crippen LogP contribution in [0.25, 0.3) is 27.9 Å². The van der Waals surface area contributed by atoms with Crippen LogP contribution in [0.1, 0.15) is 0 Å². The van der Waals surface area contributed by atoms with Crippen molar-refractivity contribution in [2.24, 2.45) is 0 Å². The van der Waals surface area contributed by atoms with Crippen molar-refractivity contribution >= 4 is 5.52 Å². The third-order valence-corrected chi connectivity index (χ3v) is 3.90. The summed E-state index contributed by atoms with van der Waals surface area (Å²) >= 11 is 0. The lowest BCUT2D eigenvalue weighted by atomic mass is 10.1. The Morgan fingerprint density at radius 1 is 0.636 bits per heavy atom. The molecule has 2 heteroatoms. The van der Waals surface area contributed by atoms with Crippen LogP contribution in [0.5, 0.6) is 5.75 Å². The van der Waals surface area contributed by atoms with Crippen LogP contribution in [0.3, 0.4) is 0 Å². The fourth-order valence-corrected chi connectivity index (χ4v) is 2.79. The lowest BCUT2D eigenvalue weighted by Crippen LogP contribution is -1.89. The highest BCUT2D eigenvalue weighted by Crippen LogP contribution is 2.28. The molecule has 4 rings (SSSR count). The Morgan fingerprint density at radius 3 is 2.18 bits per heavy atom. The first-order valence-electron chi connectivity index (χ1n) is 7.27. The number of aromatic nitrogens is 1. The van der Waals surface area contributed by atoms with E-state index in [1.54, 1.807) is 12.1 Å². The highest BCUT2D eigenvalue weighted by Gasteiger charge is 2.07. The predicted molar refractivity (Wildman–Crippen MR) is 89.9 cm³/mol. The SMILES string of the molecule is Oc1ccc(-c2cccc3cc(-c4ccccc4)cn23)cc1. The minimum absolute atomic E-state index is 0.286. The van der Waals surface area contributed by atoms with Crippen LogP contribution in [-0.2, 0) is 0 Å². The van der Waals surface area contributed by atoms with E-state index in [9.17, 15) is 5.11 Å². The molecule has 0 unspecified atom stereocenters. The number of aromatic hydroxyl groups is 1. The molecule has 0 fully saturated rings. The molecule has 0 bridgehead atoms. The van der Waals surface area contributed by atoms with Gasteiger partial charge in [0.25, 0.3) is 0 Å². The molecule has 1 N–H and O–H groups in total. The Balaban J connectivity index is 1.90. The molecule has 2 heterocycles. The molecular formula is C20H15NO. The van der Waals surface area contributed by atoms with Crippen molar-refractivity contribution in [2.45, 2.75) is 0 Å². The predicted octanol–water partition coefficient (Wildman–Crippen LogP) is 4.98. The van der Waals surface area contributed by atoms with Crippen LogP contribution in [-0.4, -0.2) is 9.51 Å². The number of pyridine rings is 1. The molecule has 0 spiro atoms. The first kappa shape index (κ1) is 12.7. The number of hydrogen-bond acceptors (Lipinski definition) is 1. The largest absolute Gasteiger partial charge is 0.508 e. The van der Waals surface area contributed by atoms with Gasteiger partial charge in [-0.3, -0.25) is 0 Å². The van der Waals surface area contributed by atoms with Crippen molar-refractivity contribution in [1.29, 1.82) is 0 Å². The van der Waals surface area contributed by atoms with Crippen molar-refractivity contribution in [3.05, 3.63) is 85.1 Å². The van der Waals surface area contributed by atoms with Crippen LogP contribution >= 0.6 is 0 Å². The number of fused-ring (bicyclic) bond motifs is 1. The molecule has 0 saturated carbocycles. The normalized spacial score (nSPS) is 10.9. The van der Waals surface area contributed by atoms with Gasteiger partial charge in [-0.2, -0.15) is 0 Å². The van der Waals surface area contributed by atoms with E-state index in [-0.39, 0.29) is 5.75 Å². The molecule has 2 aromatic carbocycles. The average Bonchev–Trinajstić information content (AvgIpc) is 3.01.